The molecule has 0 radical (unpaired) electrons. The van der Waals surface area contributed by atoms with Crippen LogP contribution in [0.2, 0.25) is 10.0 Å². The number of aryl methyl sites for hydroxylation is 1. The van der Waals surface area contributed by atoms with E-state index in [-0.39, 0.29) is 0 Å². The highest BCUT2D eigenvalue weighted by Gasteiger charge is 2.32. The third-order valence-electron chi connectivity index (χ3n) is 2.88. The second kappa shape index (κ2) is 6.54. The van der Waals surface area contributed by atoms with E-state index in [2.05, 4.69) is 10.6 Å². The molecule has 5 nitrogen and oxygen atoms in total. The Balaban J connectivity index is 2.87. The SMILES string of the molecule is Cc1cc(Cl)c(NC(=O)N[C@@H](C(=O)O)C(C)(C)C)cc1Cl. The van der Waals surface area contributed by atoms with E-state index in [0.29, 0.717) is 15.7 Å². The minimum Gasteiger partial charge on any atom is -0.480 e. The van der Waals surface area contributed by atoms with Crippen LogP contribution in [0.25, 0.3) is 0 Å². The summed E-state index contributed by atoms with van der Waals surface area (Å²) in [5.74, 6) is -1.11. The fraction of sp³-hybridized carbons (Fsp3) is 0.429. The van der Waals surface area contributed by atoms with Crippen LogP contribution in [0, 0.1) is 12.3 Å². The van der Waals surface area contributed by atoms with Gasteiger partial charge in [0.15, 0.2) is 0 Å². The Bertz CT molecular complexity index is 568. The smallest absolute Gasteiger partial charge is 0.326 e. The Morgan fingerprint density at radius 1 is 1.19 bits per heavy atom. The van der Waals surface area contributed by atoms with E-state index in [1.54, 1.807) is 33.8 Å². The number of rotatable bonds is 3. The Morgan fingerprint density at radius 3 is 2.24 bits per heavy atom. The molecule has 1 rings (SSSR count). The number of nitrogens with one attached hydrogen (secondary N) is 2. The molecule has 1 aromatic rings. The Hall–Kier alpha value is -1.46. The molecular formula is C14H18Cl2N2O3. The number of benzene rings is 1. The van der Waals surface area contributed by atoms with E-state index in [0.717, 1.165) is 5.56 Å². The molecule has 1 atom stereocenters. The third-order valence-corrected chi connectivity index (χ3v) is 3.60. The molecule has 0 aliphatic rings. The summed E-state index contributed by atoms with van der Waals surface area (Å²) in [5, 5.41) is 14.9. The number of anilines is 1. The quantitative estimate of drug-likeness (QED) is 0.784. The number of urea groups is 1. The van der Waals surface area contributed by atoms with Crippen molar-refractivity contribution in [1.82, 2.24) is 5.32 Å². The van der Waals surface area contributed by atoms with Crippen molar-refractivity contribution in [3.63, 3.8) is 0 Å². The van der Waals surface area contributed by atoms with Crippen LogP contribution in [0.1, 0.15) is 26.3 Å². The maximum Gasteiger partial charge on any atom is 0.326 e. The number of halogens is 2. The zero-order valence-electron chi connectivity index (χ0n) is 12.3. The first-order valence-corrected chi connectivity index (χ1v) is 7.04. The largest absolute Gasteiger partial charge is 0.480 e. The van der Waals surface area contributed by atoms with Gasteiger partial charge < -0.3 is 15.7 Å². The van der Waals surface area contributed by atoms with Crippen molar-refractivity contribution in [2.75, 3.05) is 5.32 Å². The summed E-state index contributed by atoms with van der Waals surface area (Å²) < 4.78 is 0. The molecule has 7 heteroatoms. The zero-order chi connectivity index (χ0) is 16.4. The predicted molar refractivity (Wildman–Crippen MR) is 84.2 cm³/mol. The zero-order valence-corrected chi connectivity index (χ0v) is 13.8. The van der Waals surface area contributed by atoms with Crippen LogP contribution in [0.15, 0.2) is 12.1 Å². The van der Waals surface area contributed by atoms with Gasteiger partial charge in [-0.2, -0.15) is 0 Å². The lowest BCUT2D eigenvalue weighted by atomic mass is 9.87. The maximum atomic E-state index is 11.9. The normalized spacial score (nSPS) is 12.7. The molecule has 0 spiro atoms. The minimum atomic E-state index is -1.11. The van der Waals surface area contributed by atoms with Gasteiger partial charge in [-0.15, -0.1) is 0 Å². The van der Waals surface area contributed by atoms with E-state index >= 15 is 0 Å². The minimum absolute atomic E-state index is 0.322. The predicted octanol–water partition coefficient (Wildman–Crippen LogP) is 3.92. The number of hydrogen-bond donors (Lipinski definition) is 3. The van der Waals surface area contributed by atoms with E-state index in [1.807, 2.05) is 0 Å². The molecule has 116 valence electrons. The van der Waals surface area contributed by atoms with Crippen molar-refractivity contribution in [2.45, 2.75) is 33.7 Å². The van der Waals surface area contributed by atoms with Crippen LogP contribution in [-0.2, 0) is 4.79 Å². The maximum absolute atomic E-state index is 11.9. The van der Waals surface area contributed by atoms with Crippen molar-refractivity contribution in [3.05, 3.63) is 27.7 Å². The highest BCUT2D eigenvalue weighted by molar-refractivity contribution is 6.36. The van der Waals surface area contributed by atoms with Crippen LogP contribution in [0.5, 0.6) is 0 Å². The van der Waals surface area contributed by atoms with Gasteiger partial charge in [0.05, 0.1) is 10.7 Å². The average Bonchev–Trinajstić information content (AvgIpc) is 2.31. The fourth-order valence-corrected chi connectivity index (χ4v) is 2.11. The van der Waals surface area contributed by atoms with Gasteiger partial charge in [-0.1, -0.05) is 44.0 Å². The van der Waals surface area contributed by atoms with Crippen molar-refractivity contribution in [1.29, 1.82) is 0 Å². The second-order valence-electron chi connectivity index (χ2n) is 5.82. The number of aliphatic carboxylic acids is 1. The molecule has 3 N–H and O–H groups in total. The van der Waals surface area contributed by atoms with Gasteiger partial charge >= 0.3 is 12.0 Å². The van der Waals surface area contributed by atoms with Gasteiger partial charge in [-0.3, -0.25) is 0 Å². The van der Waals surface area contributed by atoms with Crippen molar-refractivity contribution >= 4 is 40.9 Å². The Morgan fingerprint density at radius 2 is 1.76 bits per heavy atom. The van der Waals surface area contributed by atoms with Gasteiger partial charge in [-0.25, -0.2) is 9.59 Å². The molecule has 0 unspecified atom stereocenters. The number of carboxylic acid groups (broad SMARTS) is 1. The van der Waals surface area contributed by atoms with Crippen LogP contribution < -0.4 is 10.6 Å². The molecule has 0 heterocycles. The van der Waals surface area contributed by atoms with Crippen molar-refractivity contribution < 1.29 is 14.7 Å². The molecule has 0 saturated heterocycles. The first-order valence-electron chi connectivity index (χ1n) is 6.28. The Kier molecular flexibility index (Phi) is 5.48. The lowest BCUT2D eigenvalue weighted by Gasteiger charge is -2.27. The van der Waals surface area contributed by atoms with Gasteiger partial charge in [0.1, 0.15) is 6.04 Å². The monoisotopic (exact) mass is 332 g/mol. The van der Waals surface area contributed by atoms with E-state index in [1.165, 1.54) is 6.07 Å². The average molecular weight is 333 g/mol. The van der Waals surface area contributed by atoms with Crippen molar-refractivity contribution in [3.8, 4) is 0 Å². The molecule has 0 aromatic heterocycles. The second-order valence-corrected chi connectivity index (χ2v) is 6.63. The van der Waals surface area contributed by atoms with Gasteiger partial charge in [0.25, 0.3) is 0 Å². The highest BCUT2D eigenvalue weighted by atomic mass is 35.5. The lowest BCUT2D eigenvalue weighted by Crippen LogP contribution is -2.50. The number of carboxylic acids is 1. The molecule has 2 amide bonds. The molecule has 0 aliphatic heterocycles. The van der Waals surface area contributed by atoms with E-state index < -0.39 is 23.5 Å². The summed E-state index contributed by atoms with van der Waals surface area (Å²) in [5.41, 5.74) is 0.478. The highest BCUT2D eigenvalue weighted by Crippen LogP contribution is 2.29. The van der Waals surface area contributed by atoms with E-state index in [9.17, 15) is 9.59 Å². The number of carbonyl (C=O) groups excluding carboxylic acids is 1. The van der Waals surface area contributed by atoms with Crippen molar-refractivity contribution in [2.24, 2.45) is 5.41 Å². The topological polar surface area (TPSA) is 78.4 Å². The fourth-order valence-electron chi connectivity index (χ4n) is 1.68. The van der Waals surface area contributed by atoms with Crippen LogP contribution in [0.4, 0.5) is 10.5 Å². The lowest BCUT2D eigenvalue weighted by molar-refractivity contribution is -0.141. The van der Waals surface area contributed by atoms with E-state index in [4.69, 9.17) is 28.3 Å². The van der Waals surface area contributed by atoms with Crippen LogP contribution in [0.3, 0.4) is 0 Å². The third kappa shape index (κ3) is 4.79. The van der Waals surface area contributed by atoms with Gasteiger partial charge in [-0.05, 0) is 30.0 Å². The number of hydrogen-bond acceptors (Lipinski definition) is 2. The standard InChI is InChI=1S/C14H18Cl2N2O3/c1-7-5-9(16)10(6-8(7)15)17-13(21)18-11(12(19)20)14(2,3)4/h5-6,11H,1-4H3,(H,19,20)(H2,17,18,21)/t11-/m0/s1. The molecule has 21 heavy (non-hydrogen) atoms. The van der Waals surface area contributed by atoms with Crippen LogP contribution >= 0.6 is 23.2 Å². The summed E-state index contributed by atoms with van der Waals surface area (Å²) in [6.07, 6.45) is 0. The van der Waals surface area contributed by atoms with Gasteiger partial charge in [0.2, 0.25) is 0 Å². The number of carbonyl (C=O) groups is 2. The summed E-state index contributed by atoms with van der Waals surface area (Å²) in [4.78, 5) is 23.1. The molecule has 0 aliphatic carbocycles. The van der Waals surface area contributed by atoms with Gasteiger partial charge in [0, 0.05) is 5.02 Å². The molecule has 0 saturated carbocycles. The molecule has 0 fully saturated rings. The first kappa shape index (κ1) is 17.6. The van der Waals surface area contributed by atoms with Crippen LogP contribution in [-0.4, -0.2) is 23.1 Å². The first-order chi connectivity index (χ1) is 9.52. The summed E-state index contributed by atoms with van der Waals surface area (Å²) >= 11 is 12.0. The Labute approximate surface area is 133 Å². The summed E-state index contributed by atoms with van der Waals surface area (Å²) in [6, 6.07) is 1.46. The number of amides is 2. The molecular weight excluding hydrogens is 315 g/mol. The molecule has 0 bridgehead atoms. The summed E-state index contributed by atoms with van der Waals surface area (Å²) in [6.45, 7) is 6.96. The molecule has 1 aromatic carbocycles. The summed E-state index contributed by atoms with van der Waals surface area (Å²) in [7, 11) is 0.